The van der Waals surface area contributed by atoms with Gasteiger partial charge in [-0.1, -0.05) is 49.4 Å². The Labute approximate surface area is 174 Å². The number of carbonyl (C=O) groups excluding carboxylic acids is 2. The fraction of sp³-hybridized carbons (Fsp3) is 0.261. The zero-order valence-corrected chi connectivity index (χ0v) is 17.1. The lowest BCUT2D eigenvalue weighted by atomic mass is 10.0. The van der Waals surface area contributed by atoms with Crippen molar-refractivity contribution in [3.05, 3.63) is 70.7 Å². The van der Waals surface area contributed by atoms with Gasteiger partial charge in [0.1, 0.15) is 5.01 Å². The maximum absolute atomic E-state index is 12.6. The van der Waals surface area contributed by atoms with Crippen molar-refractivity contribution in [2.24, 2.45) is 0 Å². The number of anilines is 1. The highest BCUT2D eigenvalue weighted by molar-refractivity contribution is 7.13. The van der Waals surface area contributed by atoms with Crippen LogP contribution in [0.4, 0.5) is 5.69 Å². The first kappa shape index (κ1) is 19.3. The smallest absolute Gasteiger partial charge is 0.358 e. The number of aryl methyl sites for hydroxylation is 2. The van der Waals surface area contributed by atoms with Crippen molar-refractivity contribution in [2.75, 3.05) is 18.1 Å². The number of fused-ring (bicyclic) bond motifs is 1. The number of amides is 1. The minimum atomic E-state index is -0.573. The van der Waals surface area contributed by atoms with Crippen LogP contribution in [-0.4, -0.2) is 30.0 Å². The van der Waals surface area contributed by atoms with E-state index in [1.807, 2.05) is 36.4 Å². The molecule has 0 aliphatic carbocycles. The van der Waals surface area contributed by atoms with Gasteiger partial charge >= 0.3 is 5.97 Å². The Hall–Kier alpha value is -2.99. The highest BCUT2D eigenvalue weighted by atomic mass is 32.1. The molecular formula is C23H22N2O3S. The van der Waals surface area contributed by atoms with E-state index < -0.39 is 5.97 Å². The monoisotopic (exact) mass is 406 g/mol. The molecule has 0 N–H and O–H groups in total. The molecule has 29 heavy (non-hydrogen) atoms. The van der Waals surface area contributed by atoms with Gasteiger partial charge in [0.05, 0.1) is 0 Å². The van der Waals surface area contributed by atoms with Crippen molar-refractivity contribution in [3.8, 4) is 10.6 Å². The molecule has 0 saturated carbocycles. The zero-order chi connectivity index (χ0) is 20.2. The summed E-state index contributed by atoms with van der Waals surface area (Å²) in [6, 6.07) is 16.0. The molecule has 2 aromatic carbocycles. The van der Waals surface area contributed by atoms with Crippen LogP contribution in [-0.2, 0) is 22.4 Å². The number of carbonyl (C=O) groups is 2. The summed E-state index contributed by atoms with van der Waals surface area (Å²) in [5, 5.41) is 2.43. The van der Waals surface area contributed by atoms with Gasteiger partial charge in [-0.25, -0.2) is 9.78 Å². The molecule has 1 aliphatic rings. The molecule has 5 nitrogen and oxygen atoms in total. The summed E-state index contributed by atoms with van der Waals surface area (Å²) in [7, 11) is 0. The zero-order valence-electron chi connectivity index (χ0n) is 16.3. The Morgan fingerprint density at radius 2 is 1.93 bits per heavy atom. The third-order valence-electron chi connectivity index (χ3n) is 5.06. The van der Waals surface area contributed by atoms with Crippen LogP contribution in [0.25, 0.3) is 10.6 Å². The number of hydrogen-bond donors (Lipinski definition) is 0. The highest BCUT2D eigenvalue weighted by Gasteiger charge is 2.23. The molecule has 2 heterocycles. The number of thiazole rings is 1. The SMILES string of the molecule is CCc1ccc(-c2nc(C(=O)OCC(=O)N3CCCc4ccccc43)cs2)cc1. The van der Waals surface area contributed by atoms with Gasteiger partial charge < -0.3 is 9.64 Å². The molecule has 1 aliphatic heterocycles. The summed E-state index contributed by atoms with van der Waals surface area (Å²) in [6.07, 6.45) is 2.84. The molecule has 1 aromatic heterocycles. The minimum Gasteiger partial charge on any atom is -0.451 e. The van der Waals surface area contributed by atoms with Crippen LogP contribution in [0.15, 0.2) is 53.9 Å². The lowest BCUT2D eigenvalue weighted by molar-refractivity contribution is -0.121. The van der Waals surface area contributed by atoms with Crippen LogP contribution in [0, 0.1) is 0 Å². The summed E-state index contributed by atoms with van der Waals surface area (Å²) in [5.41, 5.74) is 4.51. The Morgan fingerprint density at radius 3 is 2.72 bits per heavy atom. The van der Waals surface area contributed by atoms with E-state index in [4.69, 9.17) is 4.74 Å². The van der Waals surface area contributed by atoms with Crippen molar-refractivity contribution in [2.45, 2.75) is 26.2 Å². The second-order valence-electron chi connectivity index (χ2n) is 6.94. The largest absolute Gasteiger partial charge is 0.451 e. The Bertz CT molecular complexity index is 1030. The van der Waals surface area contributed by atoms with Gasteiger partial charge in [0.25, 0.3) is 5.91 Å². The van der Waals surface area contributed by atoms with Gasteiger partial charge in [0.15, 0.2) is 12.3 Å². The van der Waals surface area contributed by atoms with Crippen LogP contribution >= 0.6 is 11.3 Å². The van der Waals surface area contributed by atoms with Gasteiger partial charge in [0.2, 0.25) is 0 Å². The average molecular weight is 407 g/mol. The number of ether oxygens (including phenoxy) is 1. The molecule has 0 saturated heterocycles. The number of aromatic nitrogens is 1. The highest BCUT2D eigenvalue weighted by Crippen LogP contribution is 2.27. The predicted octanol–water partition coefficient (Wildman–Crippen LogP) is 4.51. The number of nitrogens with zero attached hydrogens (tertiary/aromatic N) is 2. The molecule has 148 valence electrons. The second kappa shape index (κ2) is 8.57. The quantitative estimate of drug-likeness (QED) is 0.585. The van der Waals surface area contributed by atoms with Crippen LogP contribution in [0.1, 0.15) is 35.0 Å². The molecule has 0 unspecified atom stereocenters. The van der Waals surface area contributed by atoms with Gasteiger partial charge in [-0.05, 0) is 36.5 Å². The first-order valence-electron chi connectivity index (χ1n) is 9.76. The van der Waals surface area contributed by atoms with Gasteiger partial charge in [-0.15, -0.1) is 11.3 Å². The van der Waals surface area contributed by atoms with Crippen LogP contribution in [0.3, 0.4) is 0 Å². The van der Waals surface area contributed by atoms with E-state index in [-0.39, 0.29) is 18.2 Å². The van der Waals surface area contributed by atoms with E-state index in [0.29, 0.717) is 6.54 Å². The molecule has 3 aromatic rings. The number of benzene rings is 2. The van der Waals surface area contributed by atoms with Gasteiger partial charge in [-0.2, -0.15) is 0 Å². The molecule has 1 amide bonds. The number of rotatable bonds is 5. The molecular weight excluding hydrogens is 384 g/mol. The third-order valence-corrected chi connectivity index (χ3v) is 5.95. The van der Waals surface area contributed by atoms with Crippen LogP contribution in [0.2, 0.25) is 0 Å². The maximum Gasteiger partial charge on any atom is 0.358 e. The molecule has 0 atom stereocenters. The van der Waals surface area contributed by atoms with Crippen molar-refractivity contribution in [3.63, 3.8) is 0 Å². The second-order valence-corrected chi connectivity index (χ2v) is 7.80. The van der Waals surface area contributed by atoms with Crippen molar-refractivity contribution < 1.29 is 14.3 Å². The Balaban J connectivity index is 1.39. The lowest BCUT2D eigenvalue weighted by Gasteiger charge is -2.29. The van der Waals surface area contributed by atoms with Gasteiger partial charge in [0, 0.05) is 23.2 Å². The maximum atomic E-state index is 12.6. The van der Waals surface area contributed by atoms with Crippen molar-refractivity contribution >= 4 is 28.9 Å². The summed E-state index contributed by atoms with van der Waals surface area (Å²) in [5.74, 6) is -0.785. The van der Waals surface area contributed by atoms with E-state index in [1.54, 1.807) is 10.3 Å². The van der Waals surface area contributed by atoms with E-state index in [2.05, 4.69) is 24.0 Å². The van der Waals surface area contributed by atoms with E-state index in [0.717, 1.165) is 41.1 Å². The van der Waals surface area contributed by atoms with E-state index >= 15 is 0 Å². The van der Waals surface area contributed by atoms with E-state index in [9.17, 15) is 9.59 Å². The molecule has 0 radical (unpaired) electrons. The summed E-state index contributed by atoms with van der Waals surface area (Å²) < 4.78 is 5.26. The third kappa shape index (κ3) is 4.22. The number of para-hydroxylation sites is 1. The summed E-state index contributed by atoms with van der Waals surface area (Å²) in [4.78, 5) is 31.1. The average Bonchev–Trinajstić information content (AvgIpc) is 3.27. The van der Waals surface area contributed by atoms with Crippen molar-refractivity contribution in [1.29, 1.82) is 0 Å². The number of esters is 1. The van der Waals surface area contributed by atoms with Crippen molar-refractivity contribution in [1.82, 2.24) is 4.98 Å². The Kier molecular flexibility index (Phi) is 5.71. The molecule has 0 bridgehead atoms. The molecule has 0 fully saturated rings. The predicted molar refractivity (Wildman–Crippen MR) is 114 cm³/mol. The summed E-state index contributed by atoms with van der Waals surface area (Å²) in [6.45, 7) is 2.46. The number of hydrogen-bond acceptors (Lipinski definition) is 5. The molecule has 0 spiro atoms. The fourth-order valence-electron chi connectivity index (χ4n) is 3.45. The lowest BCUT2D eigenvalue weighted by Crippen LogP contribution is -2.38. The minimum absolute atomic E-state index is 0.212. The summed E-state index contributed by atoms with van der Waals surface area (Å²) >= 11 is 1.39. The van der Waals surface area contributed by atoms with Crippen LogP contribution < -0.4 is 4.90 Å². The normalized spacial score (nSPS) is 13.1. The topological polar surface area (TPSA) is 59.5 Å². The Morgan fingerprint density at radius 1 is 1.14 bits per heavy atom. The van der Waals surface area contributed by atoms with E-state index in [1.165, 1.54) is 16.9 Å². The fourth-order valence-corrected chi connectivity index (χ4v) is 4.25. The van der Waals surface area contributed by atoms with Crippen LogP contribution in [0.5, 0.6) is 0 Å². The standard InChI is InChI=1S/C23H22N2O3S/c1-2-16-9-11-18(12-10-16)22-24-19(15-29-22)23(27)28-14-21(26)25-13-5-7-17-6-3-4-8-20(17)25/h3-4,6,8-12,15H,2,5,7,13-14H2,1H3. The molecule has 4 rings (SSSR count). The van der Waals surface area contributed by atoms with Gasteiger partial charge in [-0.3, -0.25) is 4.79 Å². The first-order chi connectivity index (χ1) is 14.2. The molecule has 6 heteroatoms. The first-order valence-corrected chi connectivity index (χ1v) is 10.6.